The average molecular weight is 454 g/mol. The van der Waals surface area contributed by atoms with E-state index in [0.717, 1.165) is 53.8 Å². The number of imidazole rings is 1. The van der Waals surface area contributed by atoms with Crippen LogP contribution in [-0.2, 0) is 19.4 Å². The minimum absolute atomic E-state index is 0. The van der Waals surface area contributed by atoms with Crippen LogP contribution in [0.3, 0.4) is 0 Å². The third-order valence-corrected chi connectivity index (χ3v) is 6.56. The van der Waals surface area contributed by atoms with Crippen molar-refractivity contribution in [1.82, 2.24) is 14.9 Å². The summed E-state index contributed by atoms with van der Waals surface area (Å²) >= 11 is 0. The summed E-state index contributed by atoms with van der Waals surface area (Å²) in [5.41, 5.74) is 12.6. The van der Waals surface area contributed by atoms with Crippen LogP contribution in [0.15, 0.2) is 36.4 Å². The molecule has 1 saturated carbocycles. The summed E-state index contributed by atoms with van der Waals surface area (Å²) in [6.45, 7) is 5.02. The monoisotopic (exact) mass is 453 g/mol. The summed E-state index contributed by atoms with van der Waals surface area (Å²) in [6.07, 6.45) is 4.92. The zero-order valence-corrected chi connectivity index (χ0v) is 19.3. The summed E-state index contributed by atoms with van der Waals surface area (Å²) in [5, 5.41) is 3.07. The third kappa shape index (κ3) is 4.73. The molecule has 8 heteroatoms. The molecule has 33 heavy (non-hydrogen) atoms. The smallest absolute Gasteiger partial charge is 0.322 e. The number of aryl methyl sites for hydroxylation is 1. The summed E-state index contributed by atoms with van der Waals surface area (Å²) < 4.78 is 0. The van der Waals surface area contributed by atoms with Crippen LogP contribution in [0.2, 0.25) is 0 Å². The molecule has 0 spiro atoms. The maximum absolute atomic E-state index is 12.9. The highest BCUT2D eigenvalue weighted by molar-refractivity contribution is 5.93. The average Bonchev–Trinajstić information content (AvgIpc) is 3.50. The number of rotatable bonds is 7. The quantitative estimate of drug-likeness (QED) is 0.504. The lowest BCUT2D eigenvalue weighted by Crippen LogP contribution is -2.44. The molecule has 2 heterocycles. The van der Waals surface area contributed by atoms with Crippen LogP contribution in [0.5, 0.6) is 0 Å². The van der Waals surface area contributed by atoms with Gasteiger partial charge in [0, 0.05) is 24.7 Å². The van der Waals surface area contributed by atoms with Crippen molar-refractivity contribution in [3.8, 4) is 0 Å². The first-order valence-electron chi connectivity index (χ1n) is 11.4. The van der Waals surface area contributed by atoms with E-state index >= 15 is 0 Å². The second-order valence-corrected chi connectivity index (χ2v) is 9.30. The van der Waals surface area contributed by atoms with Crippen LogP contribution < -0.4 is 11.1 Å². The number of nitrogens with two attached hydrogens (primary N) is 1. The van der Waals surface area contributed by atoms with Crippen LogP contribution in [-0.4, -0.2) is 37.9 Å². The number of fused-ring (bicyclic) bond motifs is 2. The molecule has 2 aliphatic rings. The van der Waals surface area contributed by atoms with Crippen molar-refractivity contribution in [3.63, 3.8) is 0 Å². The first kappa shape index (κ1) is 24.7. The van der Waals surface area contributed by atoms with E-state index in [1.165, 1.54) is 11.1 Å². The number of aromatic nitrogens is 2. The van der Waals surface area contributed by atoms with E-state index in [9.17, 15) is 4.79 Å². The predicted octanol–water partition coefficient (Wildman–Crippen LogP) is 3.25. The normalized spacial score (nSPS) is 17.4. The molecule has 1 aromatic heterocycles. The summed E-state index contributed by atoms with van der Waals surface area (Å²) in [4.78, 5) is 23.5. The lowest BCUT2D eigenvalue weighted by molar-refractivity contribution is 0.178. The Morgan fingerprint density at radius 3 is 2.61 bits per heavy atom. The van der Waals surface area contributed by atoms with Crippen LogP contribution in [0.1, 0.15) is 61.7 Å². The number of carbonyl (C=O) groups is 1. The maximum Gasteiger partial charge on any atom is 0.322 e. The Morgan fingerprint density at radius 1 is 1.15 bits per heavy atom. The number of hydrogen-bond donors (Lipinski definition) is 3. The molecule has 1 aliphatic heterocycles. The number of amides is 2. The number of para-hydroxylation sites is 1. The third-order valence-electron chi connectivity index (χ3n) is 6.56. The summed E-state index contributed by atoms with van der Waals surface area (Å²) in [7, 11) is 0. The van der Waals surface area contributed by atoms with Crippen LogP contribution in [0.25, 0.3) is 11.0 Å². The van der Waals surface area contributed by atoms with Crippen molar-refractivity contribution in [1.29, 1.82) is 0 Å². The lowest BCUT2D eigenvalue weighted by Gasteiger charge is -2.37. The van der Waals surface area contributed by atoms with Crippen LogP contribution in [0, 0.1) is 5.92 Å². The van der Waals surface area contributed by atoms with E-state index in [-0.39, 0.29) is 23.0 Å². The van der Waals surface area contributed by atoms with Gasteiger partial charge in [0.2, 0.25) is 0 Å². The van der Waals surface area contributed by atoms with Gasteiger partial charge in [-0.05, 0) is 60.4 Å². The molecule has 1 aliphatic carbocycles. The fourth-order valence-electron chi connectivity index (χ4n) is 4.76. The van der Waals surface area contributed by atoms with E-state index in [4.69, 9.17) is 10.7 Å². The number of nitrogens with zero attached hydrogens (tertiary/aromatic N) is 2. The largest absolute Gasteiger partial charge is 0.412 e. The van der Waals surface area contributed by atoms with Gasteiger partial charge in [-0.15, -0.1) is 0 Å². The number of benzene rings is 2. The van der Waals surface area contributed by atoms with E-state index in [0.29, 0.717) is 24.9 Å². The predicted molar refractivity (Wildman–Crippen MR) is 131 cm³/mol. The van der Waals surface area contributed by atoms with Gasteiger partial charge in [0.05, 0.1) is 17.1 Å². The summed E-state index contributed by atoms with van der Waals surface area (Å²) in [5.74, 6) is 1.55. The zero-order valence-electron chi connectivity index (χ0n) is 19.3. The zero-order chi connectivity index (χ0) is 21.5. The molecule has 0 saturated heterocycles. The first-order valence-corrected chi connectivity index (χ1v) is 11.4. The van der Waals surface area contributed by atoms with E-state index in [1.54, 1.807) is 0 Å². The van der Waals surface area contributed by atoms with Gasteiger partial charge in [-0.1, -0.05) is 38.1 Å². The van der Waals surface area contributed by atoms with Gasteiger partial charge in [0.15, 0.2) is 0 Å². The fourth-order valence-corrected chi connectivity index (χ4v) is 4.76. The van der Waals surface area contributed by atoms with Crippen LogP contribution >= 0.6 is 0 Å². The van der Waals surface area contributed by atoms with Gasteiger partial charge < -0.3 is 31.9 Å². The number of nitrogens with one attached hydrogen (secondary N) is 2. The highest BCUT2D eigenvalue weighted by Gasteiger charge is 2.42. The van der Waals surface area contributed by atoms with Crippen molar-refractivity contribution in [3.05, 3.63) is 58.9 Å². The Labute approximate surface area is 194 Å². The molecular formula is C25H35N5O3. The number of hydrogen-bond acceptors (Lipinski definition) is 3. The summed E-state index contributed by atoms with van der Waals surface area (Å²) in [6, 6.07) is 12.7. The number of carbonyl (C=O) groups excluding carboxylic acids is 1. The minimum atomic E-state index is -0.00824. The van der Waals surface area contributed by atoms with Gasteiger partial charge in [0.1, 0.15) is 5.82 Å². The maximum atomic E-state index is 12.9. The molecule has 3 aromatic rings. The van der Waals surface area contributed by atoms with Crippen molar-refractivity contribution < 1.29 is 15.7 Å². The molecule has 2 amide bonds. The molecule has 1 unspecified atom stereocenters. The number of urea groups is 1. The SMILES string of the molecule is CC(C)CCc1c(CN)ccc2[nH]c(CC3c4ccccc4NC(=O)N3C3CC3)nc12.O.O. The van der Waals surface area contributed by atoms with Gasteiger partial charge in [-0.25, -0.2) is 9.78 Å². The fraction of sp³-hybridized carbons (Fsp3) is 0.440. The Bertz CT molecular complexity index is 1120. The molecule has 0 bridgehead atoms. The van der Waals surface area contributed by atoms with Crippen molar-refractivity contribution in [2.24, 2.45) is 11.7 Å². The second-order valence-electron chi connectivity index (χ2n) is 9.30. The molecule has 2 aromatic carbocycles. The molecule has 1 fully saturated rings. The number of anilines is 1. The second kappa shape index (κ2) is 9.91. The first-order chi connectivity index (χ1) is 15.0. The Morgan fingerprint density at radius 2 is 1.91 bits per heavy atom. The van der Waals surface area contributed by atoms with Crippen molar-refractivity contribution in [2.45, 2.75) is 64.6 Å². The van der Waals surface area contributed by atoms with E-state index < -0.39 is 0 Å². The molecule has 8 N–H and O–H groups in total. The topological polar surface area (TPSA) is 150 Å². The number of H-pyrrole nitrogens is 1. The molecule has 178 valence electrons. The van der Waals surface area contributed by atoms with E-state index in [2.05, 4.69) is 42.3 Å². The van der Waals surface area contributed by atoms with Crippen molar-refractivity contribution in [2.75, 3.05) is 5.32 Å². The Balaban J connectivity index is 0.00000153. The van der Waals surface area contributed by atoms with Gasteiger partial charge in [-0.3, -0.25) is 0 Å². The molecule has 0 radical (unpaired) electrons. The van der Waals surface area contributed by atoms with E-state index in [1.807, 2.05) is 23.1 Å². The standard InChI is InChI=1S/C25H31N5O.2H2O/c1-15(2)7-11-18-16(14-26)8-12-21-24(18)29-23(27-21)13-22-19-5-3-4-6-20(19)28-25(31)30(22)17-9-10-17;;/h3-6,8,12,15,17,22H,7,9-11,13-14,26H2,1-2H3,(H,27,29)(H,28,31);2*1H2. The molecular weight excluding hydrogens is 418 g/mol. The highest BCUT2D eigenvalue weighted by Crippen LogP contribution is 2.41. The Hall–Kier alpha value is -2.94. The molecule has 1 atom stereocenters. The minimum Gasteiger partial charge on any atom is -0.412 e. The van der Waals surface area contributed by atoms with Gasteiger partial charge in [0.25, 0.3) is 0 Å². The lowest BCUT2D eigenvalue weighted by atomic mass is 9.97. The van der Waals surface area contributed by atoms with Crippen LogP contribution in [0.4, 0.5) is 10.5 Å². The molecule has 5 rings (SSSR count). The number of aromatic amines is 1. The highest BCUT2D eigenvalue weighted by atomic mass is 16.2. The van der Waals surface area contributed by atoms with Gasteiger partial charge >= 0.3 is 6.03 Å². The van der Waals surface area contributed by atoms with Gasteiger partial charge in [-0.2, -0.15) is 0 Å². The Kier molecular flexibility index (Phi) is 7.41. The van der Waals surface area contributed by atoms with Crippen molar-refractivity contribution >= 4 is 22.8 Å². The molecule has 8 nitrogen and oxygen atoms in total.